The van der Waals surface area contributed by atoms with Gasteiger partial charge < -0.3 is 10.2 Å². The van der Waals surface area contributed by atoms with Gasteiger partial charge in [0.15, 0.2) is 0 Å². The van der Waals surface area contributed by atoms with E-state index in [1.165, 1.54) is 0 Å². The van der Waals surface area contributed by atoms with E-state index < -0.39 is 6.04 Å². The van der Waals surface area contributed by atoms with E-state index >= 15 is 0 Å². The van der Waals surface area contributed by atoms with E-state index in [9.17, 15) is 9.59 Å². The minimum atomic E-state index is -0.450. The third-order valence-electron chi connectivity index (χ3n) is 5.01. The maximum atomic E-state index is 13.2. The van der Waals surface area contributed by atoms with Gasteiger partial charge in [0.2, 0.25) is 11.8 Å². The van der Waals surface area contributed by atoms with Crippen molar-refractivity contribution in [2.24, 2.45) is 0 Å². The summed E-state index contributed by atoms with van der Waals surface area (Å²) in [5.74, 6) is -0.0448. The summed E-state index contributed by atoms with van der Waals surface area (Å²) in [7, 11) is 0. The number of rotatable bonds is 10. The number of nitrogens with one attached hydrogen (secondary N) is 1. The average Bonchev–Trinajstić information content (AvgIpc) is 2.72. The van der Waals surface area contributed by atoms with Crippen LogP contribution in [0.1, 0.15) is 49.8 Å². The molecule has 4 nitrogen and oxygen atoms in total. The smallest absolute Gasteiger partial charge is 0.242 e. The Hall–Kier alpha value is -2.62. The number of carbonyl (C=O) groups is 2. The van der Waals surface area contributed by atoms with Gasteiger partial charge in [0.05, 0.1) is 0 Å². The van der Waals surface area contributed by atoms with Crippen LogP contribution in [0.4, 0.5) is 0 Å². The Balaban J connectivity index is 2.19. The monoisotopic (exact) mass is 380 g/mol. The zero-order chi connectivity index (χ0) is 20.4. The summed E-state index contributed by atoms with van der Waals surface area (Å²) in [4.78, 5) is 27.6. The minimum absolute atomic E-state index is 0.0191. The molecule has 2 amide bonds. The van der Waals surface area contributed by atoms with E-state index in [0.29, 0.717) is 32.4 Å². The van der Waals surface area contributed by atoms with Crippen molar-refractivity contribution in [1.82, 2.24) is 10.2 Å². The quantitative estimate of drug-likeness (QED) is 0.669. The van der Waals surface area contributed by atoms with Gasteiger partial charge in [-0.3, -0.25) is 9.59 Å². The summed E-state index contributed by atoms with van der Waals surface area (Å²) in [5.41, 5.74) is 3.35. The number of nitrogens with zero attached hydrogens (tertiary/aromatic N) is 1. The first-order valence-electron chi connectivity index (χ1n) is 10.2. The number of carbonyl (C=O) groups excluding carboxylic acids is 2. The summed E-state index contributed by atoms with van der Waals surface area (Å²) < 4.78 is 0. The molecule has 0 aliphatic carbocycles. The average molecular weight is 381 g/mol. The molecule has 2 aromatic carbocycles. The number of hydrogen-bond donors (Lipinski definition) is 1. The Morgan fingerprint density at radius 2 is 1.68 bits per heavy atom. The third-order valence-corrected chi connectivity index (χ3v) is 5.01. The van der Waals surface area contributed by atoms with Crippen LogP contribution in [-0.4, -0.2) is 29.3 Å². The molecule has 0 heterocycles. The molecule has 0 spiro atoms. The van der Waals surface area contributed by atoms with Gasteiger partial charge in [-0.1, -0.05) is 68.4 Å². The first-order valence-corrected chi connectivity index (χ1v) is 10.2. The highest BCUT2D eigenvalue weighted by Crippen LogP contribution is 2.17. The van der Waals surface area contributed by atoms with Crippen molar-refractivity contribution in [3.8, 4) is 0 Å². The minimum Gasteiger partial charge on any atom is -0.354 e. The fourth-order valence-electron chi connectivity index (χ4n) is 3.30. The SMILES string of the molecule is CCCNC(=O)[C@H](CC)N(Cc1ccccc1C)C(=O)CCc1ccccc1. The van der Waals surface area contributed by atoms with E-state index in [1.54, 1.807) is 4.90 Å². The number of hydrogen-bond acceptors (Lipinski definition) is 2. The lowest BCUT2D eigenvalue weighted by atomic mass is 10.0. The molecule has 28 heavy (non-hydrogen) atoms. The van der Waals surface area contributed by atoms with Crippen LogP contribution >= 0.6 is 0 Å². The highest BCUT2D eigenvalue weighted by Gasteiger charge is 2.28. The van der Waals surface area contributed by atoms with Crippen LogP contribution < -0.4 is 5.32 Å². The van der Waals surface area contributed by atoms with Crippen LogP contribution in [-0.2, 0) is 22.6 Å². The molecule has 0 saturated carbocycles. The summed E-state index contributed by atoms with van der Waals surface area (Å²) in [5, 5.41) is 2.96. The van der Waals surface area contributed by atoms with Gasteiger partial charge in [-0.25, -0.2) is 0 Å². The molecule has 0 unspecified atom stereocenters. The van der Waals surface area contributed by atoms with E-state index in [1.807, 2.05) is 75.4 Å². The van der Waals surface area contributed by atoms with E-state index in [-0.39, 0.29) is 11.8 Å². The van der Waals surface area contributed by atoms with Crippen molar-refractivity contribution >= 4 is 11.8 Å². The summed E-state index contributed by atoms with van der Waals surface area (Å²) in [6.07, 6.45) is 2.55. The van der Waals surface area contributed by atoms with E-state index in [0.717, 1.165) is 23.1 Å². The third kappa shape index (κ3) is 6.22. The number of amides is 2. The molecule has 0 radical (unpaired) electrons. The maximum Gasteiger partial charge on any atom is 0.242 e. The van der Waals surface area contributed by atoms with Crippen LogP contribution in [0.15, 0.2) is 54.6 Å². The Morgan fingerprint density at radius 3 is 2.32 bits per heavy atom. The lowest BCUT2D eigenvalue weighted by Crippen LogP contribution is -2.49. The molecule has 1 atom stereocenters. The number of aryl methyl sites for hydroxylation is 2. The molecule has 0 saturated heterocycles. The van der Waals surface area contributed by atoms with Crippen molar-refractivity contribution in [3.05, 3.63) is 71.3 Å². The maximum absolute atomic E-state index is 13.2. The van der Waals surface area contributed by atoms with Gasteiger partial charge in [0.1, 0.15) is 6.04 Å². The zero-order valence-corrected chi connectivity index (χ0v) is 17.3. The molecule has 0 bridgehead atoms. The van der Waals surface area contributed by atoms with E-state index in [2.05, 4.69) is 5.32 Å². The van der Waals surface area contributed by atoms with Crippen LogP contribution in [0.5, 0.6) is 0 Å². The van der Waals surface area contributed by atoms with Crippen molar-refractivity contribution in [3.63, 3.8) is 0 Å². The largest absolute Gasteiger partial charge is 0.354 e. The van der Waals surface area contributed by atoms with Gasteiger partial charge in [0.25, 0.3) is 0 Å². The molecule has 2 aromatic rings. The summed E-state index contributed by atoms with van der Waals surface area (Å²) >= 11 is 0. The highest BCUT2D eigenvalue weighted by molar-refractivity contribution is 5.87. The van der Waals surface area contributed by atoms with Crippen LogP contribution in [0.3, 0.4) is 0 Å². The molecule has 0 aromatic heterocycles. The molecule has 150 valence electrons. The second-order valence-corrected chi connectivity index (χ2v) is 7.15. The summed E-state index contributed by atoms with van der Waals surface area (Å²) in [6, 6.07) is 17.6. The number of benzene rings is 2. The lowest BCUT2D eigenvalue weighted by Gasteiger charge is -2.31. The molecule has 0 aliphatic rings. The van der Waals surface area contributed by atoms with Gasteiger partial charge >= 0.3 is 0 Å². The van der Waals surface area contributed by atoms with Gasteiger partial charge in [-0.2, -0.15) is 0 Å². The Labute approximate surface area is 169 Å². The van der Waals surface area contributed by atoms with Crippen molar-refractivity contribution in [2.45, 2.75) is 59.0 Å². The molecular formula is C24H32N2O2. The summed E-state index contributed by atoms with van der Waals surface area (Å²) in [6.45, 7) is 7.12. The Kier molecular flexibility index (Phi) is 8.73. The van der Waals surface area contributed by atoms with Crippen molar-refractivity contribution < 1.29 is 9.59 Å². The van der Waals surface area contributed by atoms with Crippen molar-refractivity contribution in [2.75, 3.05) is 6.54 Å². The first kappa shape index (κ1) is 21.7. The Morgan fingerprint density at radius 1 is 1.00 bits per heavy atom. The van der Waals surface area contributed by atoms with Crippen molar-refractivity contribution in [1.29, 1.82) is 0 Å². The van der Waals surface area contributed by atoms with Crippen LogP contribution in [0.25, 0.3) is 0 Å². The highest BCUT2D eigenvalue weighted by atomic mass is 16.2. The van der Waals surface area contributed by atoms with Crippen LogP contribution in [0.2, 0.25) is 0 Å². The predicted molar refractivity (Wildman–Crippen MR) is 114 cm³/mol. The second-order valence-electron chi connectivity index (χ2n) is 7.15. The lowest BCUT2D eigenvalue weighted by molar-refractivity contribution is -0.141. The first-order chi connectivity index (χ1) is 13.6. The van der Waals surface area contributed by atoms with Crippen LogP contribution in [0, 0.1) is 6.92 Å². The Bertz CT molecular complexity index is 758. The van der Waals surface area contributed by atoms with E-state index in [4.69, 9.17) is 0 Å². The normalized spacial score (nSPS) is 11.7. The molecule has 1 N–H and O–H groups in total. The fourth-order valence-corrected chi connectivity index (χ4v) is 3.30. The zero-order valence-electron chi connectivity index (χ0n) is 17.3. The van der Waals surface area contributed by atoms with Gasteiger partial charge in [-0.05, 0) is 42.9 Å². The topological polar surface area (TPSA) is 49.4 Å². The molecule has 4 heteroatoms. The predicted octanol–water partition coefficient (Wildman–Crippen LogP) is 4.26. The van der Waals surface area contributed by atoms with Gasteiger partial charge in [-0.15, -0.1) is 0 Å². The second kappa shape index (κ2) is 11.3. The molecule has 0 fully saturated rings. The van der Waals surface area contributed by atoms with Gasteiger partial charge in [0, 0.05) is 19.5 Å². The molecular weight excluding hydrogens is 348 g/mol. The molecule has 2 rings (SSSR count). The standard InChI is InChI=1S/C24H32N2O2/c1-4-17-25-24(28)22(5-2)26(18-21-14-10-9-11-19(21)3)23(27)16-15-20-12-7-6-8-13-20/h6-14,22H,4-5,15-18H2,1-3H3,(H,25,28)/t22-/m0/s1. The fraction of sp³-hybridized carbons (Fsp3) is 0.417. The molecule has 0 aliphatic heterocycles.